The molecule has 11 heteroatoms. The number of anilines is 1. The quantitative estimate of drug-likeness (QED) is 0.331. The van der Waals surface area contributed by atoms with E-state index in [0.29, 0.717) is 37.7 Å². The maximum Gasteiger partial charge on any atom is 0.224 e. The number of carbonyl (C=O) groups is 1. The maximum atomic E-state index is 11.8. The summed E-state index contributed by atoms with van der Waals surface area (Å²) in [6.45, 7) is 0.699. The van der Waals surface area contributed by atoms with E-state index in [9.17, 15) is 13.2 Å². The summed E-state index contributed by atoms with van der Waals surface area (Å²) in [5.74, 6) is 2.14. The van der Waals surface area contributed by atoms with Gasteiger partial charge >= 0.3 is 0 Å². The zero-order valence-electron chi connectivity index (χ0n) is 20.5. The molecule has 0 atom stereocenters. The largest absolute Gasteiger partial charge is 0.493 e. The maximum absolute atomic E-state index is 11.8. The lowest BCUT2D eigenvalue weighted by molar-refractivity contribution is -0.121. The van der Waals surface area contributed by atoms with E-state index >= 15 is 0 Å². The van der Waals surface area contributed by atoms with E-state index < -0.39 is 9.84 Å². The lowest BCUT2D eigenvalue weighted by atomic mass is 9.91. The Morgan fingerprint density at radius 3 is 2.69 bits per heavy atom. The number of benzene rings is 1. The molecule has 36 heavy (non-hydrogen) atoms. The van der Waals surface area contributed by atoms with Gasteiger partial charge in [-0.05, 0) is 56.4 Å². The second-order valence-corrected chi connectivity index (χ2v) is 11.5. The first kappa shape index (κ1) is 25.9. The molecule has 1 aliphatic carbocycles. The molecule has 3 aromatic rings. The van der Waals surface area contributed by atoms with Crippen molar-refractivity contribution in [3.63, 3.8) is 0 Å². The van der Waals surface area contributed by atoms with Crippen LogP contribution in [0, 0.1) is 0 Å². The van der Waals surface area contributed by atoms with Crippen molar-refractivity contribution in [3.05, 3.63) is 42.7 Å². The van der Waals surface area contributed by atoms with E-state index in [1.165, 1.54) is 6.26 Å². The van der Waals surface area contributed by atoms with E-state index in [0.717, 1.165) is 42.4 Å². The number of carbonyl (C=O) groups excluding carboxylic acids is 1. The molecule has 0 unspecified atom stereocenters. The van der Waals surface area contributed by atoms with Crippen LogP contribution >= 0.6 is 0 Å². The highest BCUT2D eigenvalue weighted by Crippen LogP contribution is 2.29. The molecule has 194 valence electrons. The second kappa shape index (κ2) is 11.7. The lowest BCUT2D eigenvalue weighted by Gasteiger charge is -2.29. The van der Waals surface area contributed by atoms with Crippen LogP contribution in [0.2, 0.25) is 0 Å². The van der Waals surface area contributed by atoms with E-state index in [1.807, 2.05) is 41.1 Å². The monoisotopic (exact) mass is 514 g/mol. The molecule has 4 N–H and O–H groups in total. The topological polar surface area (TPSA) is 141 Å². The number of amides is 1. The smallest absolute Gasteiger partial charge is 0.224 e. The summed E-state index contributed by atoms with van der Waals surface area (Å²) in [5, 5.41) is 7.43. The number of aromatic nitrogens is 3. The Bertz CT molecular complexity index is 1280. The van der Waals surface area contributed by atoms with Crippen molar-refractivity contribution in [2.75, 3.05) is 30.5 Å². The summed E-state index contributed by atoms with van der Waals surface area (Å²) in [6.07, 6.45) is 9.37. The zero-order valence-corrected chi connectivity index (χ0v) is 21.3. The van der Waals surface area contributed by atoms with Crippen molar-refractivity contribution in [1.29, 1.82) is 0 Å². The predicted molar refractivity (Wildman–Crippen MR) is 140 cm³/mol. The molecule has 1 amide bonds. The van der Waals surface area contributed by atoms with Crippen molar-refractivity contribution in [2.24, 2.45) is 5.73 Å². The third-order valence-electron chi connectivity index (χ3n) is 6.29. The normalized spacial score (nSPS) is 18.2. The Hall–Kier alpha value is -3.18. The third-order valence-corrected chi connectivity index (χ3v) is 7.32. The van der Waals surface area contributed by atoms with Crippen LogP contribution in [0.5, 0.6) is 5.75 Å². The molecule has 0 bridgehead atoms. The Morgan fingerprint density at radius 1 is 1.17 bits per heavy atom. The molecule has 1 saturated carbocycles. The van der Waals surface area contributed by atoms with Gasteiger partial charge in [0.2, 0.25) is 11.9 Å². The second-order valence-electron chi connectivity index (χ2n) is 9.24. The summed E-state index contributed by atoms with van der Waals surface area (Å²) in [5.41, 5.74) is 6.39. The number of hydrogen-bond donors (Lipinski definition) is 3. The predicted octanol–water partition coefficient (Wildman–Crippen LogP) is 2.42. The third kappa shape index (κ3) is 6.94. The fraction of sp³-hybridized carbons (Fsp3) is 0.480. The van der Waals surface area contributed by atoms with E-state index in [1.54, 1.807) is 6.20 Å². The fourth-order valence-electron chi connectivity index (χ4n) is 4.52. The fourth-order valence-corrected chi connectivity index (χ4v) is 5.16. The van der Waals surface area contributed by atoms with Crippen molar-refractivity contribution in [1.82, 2.24) is 19.9 Å². The van der Waals surface area contributed by atoms with Crippen LogP contribution in [0.25, 0.3) is 16.7 Å². The Kier molecular flexibility index (Phi) is 8.42. The summed E-state index contributed by atoms with van der Waals surface area (Å²) in [4.78, 5) is 20.9. The van der Waals surface area contributed by atoms with Crippen molar-refractivity contribution < 1.29 is 17.9 Å². The highest BCUT2D eigenvalue weighted by molar-refractivity contribution is 7.90. The molecule has 0 aliphatic heterocycles. The molecular weight excluding hydrogens is 480 g/mol. The van der Waals surface area contributed by atoms with Gasteiger partial charge < -0.3 is 25.7 Å². The summed E-state index contributed by atoms with van der Waals surface area (Å²) >= 11 is 0. The van der Waals surface area contributed by atoms with Crippen LogP contribution in [-0.2, 0) is 14.6 Å². The number of nitrogens with one attached hydrogen (secondary N) is 2. The van der Waals surface area contributed by atoms with E-state index in [4.69, 9.17) is 15.5 Å². The van der Waals surface area contributed by atoms with Crippen LogP contribution < -0.4 is 21.1 Å². The minimum absolute atomic E-state index is 0.0198. The minimum atomic E-state index is -3.00. The number of fused-ring (bicyclic) bond motifs is 1. The van der Waals surface area contributed by atoms with Gasteiger partial charge in [0, 0.05) is 49.1 Å². The van der Waals surface area contributed by atoms with Crippen LogP contribution in [0.1, 0.15) is 38.5 Å². The summed E-state index contributed by atoms with van der Waals surface area (Å²) in [7, 11) is -3.00. The van der Waals surface area contributed by atoms with Crippen LogP contribution in [-0.4, -0.2) is 66.1 Å². The lowest BCUT2D eigenvalue weighted by Crippen LogP contribution is -2.40. The summed E-state index contributed by atoms with van der Waals surface area (Å²) < 4.78 is 30.6. The number of ether oxygens (including phenoxy) is 1. The van der Waals surface area contributed by atoms with Crippen molar-refractivity contribution in [3.8, 4) is 11.6 Å². The minimum Gasteiger partial charge on any atom is -0.493 e. The van der Waals surface area contributed by atoms with Gasteiger partial charge in [0.1, 0.15) is 21.4 Å². The average Bonchev–Trinajstić information content (AvgIpc) is 3.28. The first-order chi connectivity index (χ1) is 17.3. The highest BCUT2D eigenvalue weighted by Gasteiger charge is 2.23. The molecule has 10 nitrogen and oxygen atoms in total. The molecule has 0 spiro atoms. The van der Waals surface area contributed by atoms with Gasteiger partial charge in [-0.1, -0.05) is 6.07 Å². The van der Waals surface area contributed by atoms with Gasteiger partial charge in [-0.15, -0.1) is 0 Å². The van der Waals surface area contributed by atoms with Crippen molar-refractivity contribution >= 4 is 32.6 Å². The first-order valence-electron chi connectivity index (χ1n) is 12.3. The SMILES string of the molecule is CS(=O)(=O)CCCOc1cccc2c1ccn2-c1ccnc(NC2CCC(NC(=O)CCN)CC2)n1. The molecule has 1 aliphatic rings. The van der Waals surface area contributed by atoms with Gasteiger partial charge in [0.15, 0.2) is 0 Å². The van der Waals surface area contributed by atoms with Gasteiger partial charge in [-0.2, -0.15) is 4.98 Å². The molecule has 2 heterocycles. The Labute approximate surface area is 211 Å². The zero-order chi connectivity index (χ0) is 25.5. The highest BCUT2D eigenvalue weighted by atomic mass is 32.2. The Balaban J connectivity index is 1.39. The van der Waals surface area contributed by atoms with Gasteiger partial charge in [-0.3, -0.25) is 4.79 Å². The van der Waals surface area contributed by atoms with Gasteiger partial charge in [0.25, 0.3) is 0 Å². The molecule has 2 aromatic heterocycles. The van der Waals surface area contributed by atoms with E-state index in [-0.39, 0.29) is 23.7 Å². The van der Waals surface area contributed by atoms with E-state index in [2.05, 4.69) is 15.6 Å². The van der Waals surface area contributed by atoms with Crippen LogP contribution in [0.3, 0.4) is 0 Å². The van der Waals surface area contributed by atoms with Crippen LogP contribution in [0.15, 0.2) is 42.7 Å². The molecular formula is C25H34N6O4S. The molecule has 4 rings (SSSR count). The average molecular weight is 515 g/mol. The molecule has 1 fully saturated rings. The van der Waals surface area contributed by atoms with Crippen LogP contribution in [0.4, 0.5) is 5.95 Å². The number of hydrogen-bond acceptors (Lipinski definition) is 8. The molecule has 0 radical (unpaired) electrons. The molecule has 0 saturated heterocycles. The van der Waals surface area contributed by atoms with Gasteiger partial charge in [-0.25, -0.2) is 13.4 Å². The molecule has 1 aromatic carbocycles. The first-order valence-corrected chi connectivity index (χ1v) is 14.4. The van der Waals surface area contributed by atoms with Crippen molar-refractivity contribution in [2.45, 2.75) is 50.6 Å². The number of sulfone groups is 1. The summed E-state index contributed by atoms with van der Waals surface area (Å²) in [6, 6.07) is 10.1. The number of rotatable bonds is 11. The Morgan fingerprint density at radius 2 is 1.94 bits per heavy atom. The number of nitrogens with zero attached hydrogens (tertiary/aromatic N) is 3. The standard InChI is InChI=1S/C25H34N6O4S/c1-36(33,34)17-3-16-35-22-5-2-4-21-20(22)12-15-31(21)23-11-14-27-25(30-23)29-19-8-6-18(7-9-19)28-24(32)10-13-26/h2,4-5,11-12,14-15,18-19H,3,6-10,13,16-17,26H2,1H3,(H,28,32)(H,27,29,30). The van der Waals surface area contributed by atoms with Gasteiger partial charge in [0.05, 0.1) is 17.9 Å². The number of nitrogens with two attached hydrogens (primary N) is 1.